The number of aromatic nitrogens is 1. The standard InChI is InChI=1S/C24H22F3N3O2/c1-14-7-16(4-6-21(14)32-23(26)27)24(10-22(28)30-13-24)17-3-5-20(25)19(9-17)15-8-18(31-2)12-29-11-15/h3-12,23,30H,13,28H2,1-2H3. The number of rotatable bonds is 6. The normalized spacial score (nSPS) is 17.8. The number of ether oxygens (including phenoxy) is 2. The third-order valence-corrected chi connectivity index (χ3v) is 5.62. The maximum atomic E-state index is 14.8. The van der Waals surface area contributed by atoms with Crippen LogP contribution < -0.4 is 20.5 Å². The van der Waals surface area contributed by atoms with Crippen molar-refractivity contribution in [3.05, 3.63) is 89.3 Å². The average molecular weight is 441 g/mol. The van der Waals surface area contributed by atoms with Gasteiger partial charge in [0.2, 0.25) is 0 Å². The summed E-state index contributed by atoms with van der Waals surface area (Å²) in [5.74, 6) is 0.686. The van der Waals surface area contributed by atoms with Gasteiger partial charge in [0.05, 0.1) is 24.5 Å². The van der Waals surface area contributed by atoms with Gasteiger partial charge in [0, 0.05) is 23.9 Å². The summed E-state index contributed by atoms with van der Waals surface area (Å²) in [6.45, 7) is -0.787. The van der Waals surface area contributed by atoms with E-state index in [1.165, 1.54) is 19.2 Å². The SMILES string of the molecule is COc1cncc(-c2cc(C3(c4ccc(OC(F)F)c(C)c4)C=C(N)NC3)ccc2F)c1. The van der Waals surface area contributed by atoms with Crippen LogP contribution in [0, 0.1) is 12.7 Å². The van der Waals surface area contributed by atoms with Crippen molar-refractivity contribution in [2.75, 3.05) is 13.7 Å². The van der Waals surface area contributed by atoms with Crippen LogP contribution in [0.1, 0.15) is 16.7 Å². The molecular formula is C24H22F3N3O2. The molecule has 1 aromatic heterocycles. The van der Waals surface area contributed by atoms with Gasteiger partial charge in [-0.05, 0) is 54.0 Å². The van der Waals surface area contributed by atoms with Crippen LogP contribution in [0.3, 0.4) is 0 Å². The smallest absolute Gasteiger partial charge is 0.387 e. The lowest BCUT2D eigenvalue weighted by Crippen LogP contribution is -2.31. The Morgan fingerprint density at radius 1 is 1.09 bits per heavy atom. The Kier molecular flexibility index (Phi) is 5.69. The summed E-state index contributed by atoms with van der Waals surface area (Å²) in [4.78, 5) is 4.12. The zero-order chi connectivity index (χ0) is 22.9. The van der Waals surface area contributed by atoms with Crippen molar-refractivity contribution >= 4 is 0 Å². The van der Waals surface area contributed by atoms with Gasteiger partial charge in [-0.25, -0.2) is 4.39 Å². The van der Waals surface area contributed by atoms with E-state index >= 15 is 0 Å². The first-order valence-electron chi connectivity index (χ1n) is 9.90. The van der Waals surface area contributed by atoms with E-state index in [1.54, 1.807) is 49.6 Å². The second-order valence-corrected chi connectivity index (χ2v) is 7.59. The maximum absolute atomic E-state index is 14.8. The highest BCUT2D eigenvalue weighted by molar-refractivity contribution is 5.67. The van der Waals surface area contributed by atoms with Crippen molar-refractivity contribution < 1.29 is 22.6 Å². The fraction of sp³-hybridized carbons (Fsp3) is 0.208. The molecule has 0 saturated heterocycles. The van der Waals surface area contributed by atoms with Crippen LogP contribution in [0.4, 0.5) is 13.2 Å². The number of nitrogens with two attached hydrogens (primary N) is 1. The minimum Gasteiger partial charge on any atom is -0.495 e. The second kappa shape index (κ2) is 8.45. The zero-order valence-electron chi connectivity index (χ0n) is 17.5. The molecule has 0 fully saturated rings. The molecule has 2 heterocycles. The van der Waals surface area contributed by atoms with E-state index in [4.69, 9.17) is 10.5 Å². The van der Waals surface area contributed by atoms with Gasteiger partial charge in [0.25, 0.3) is 0 Å². The van der Waals surface area contributed by atoms with E-state index in [9.17, 15) is 13.2 Å². The molecule has 4 rings (SSSR count). The highest BCUT2D eigenvalue weighted by atomic mass is 19.3. The monoisotopic (exact) mass is 441 g/mol. The molecule has 5 nitrogen and oxygen atoms in total. The fourth-order valence-corrected chi connectivity index (χ4v) is 4.00. The molecule has 1 aliphatic heterocycles. The summed E-state index contributed by atoms with van der Waals surface area (Å²) in [5, 5.41) is 3.13. The Balaban J connectivity index is 1.84. The Morgan fingerprint density at radius 3 is 2.50 bits per heavy atom. The zero-order valence-corrected chi connectivity index (χ0v) is 17.5. The maximum Gasteiger partial charge on any atom is 0.387 e. The Morgan fingerprint density at radius 2 is 1.84 bits per heavy atom. The average Bonchev–Trinajstić information content (AvgIpc) is 3.18. The van der Waals surface area contributed by atoms with Gasteiger partial charge in [0.15, 0.2) is 0 Å². The van der Waals surface area contributed by atoms with Gasteiger partial charge >= 0.3 is 6.61 Å². The van der Waals surface area contributed by atoms with E-state index in [-0.39, 0.29) is 5.75 Å². The first kappa shape index (κ1) is 21.5. The van der Waals surface area contributed by atoms with Crippen molar-refractivity contribution in [2.24, 2.45) is 5.73 Å². The minimum absolute atomic E-state index is 0.101. The molecule has 3 aromatic rings. The third-order valence-electron chi connectivity index (χ3n) is 5.62. The van der Waals surface area contributed by atoms with Crippen LogP contribution in [-0.4, -0.2) is 25.3 Å². The van der Waals surface area contributed by atoms with E-state index in [0.29, 0.717) is 34.8 Å². The highest BCUT2D eigenvalue weighted by Crippen LogP contribution is 2.40. The number of nitrogens with one attached hydrogen (secondary N) is 1. The minimum atomic E-state index is -2.91. The summed E-state index contributed by atoms with van der Waals surface area (Å²) < 4.78 is 50.0. The van der Waals surface area contributed by atoms with Crippen LogP contribution in [0.5, 0.6) is 11.5 Å². The van der Waals surface area contributed by atoms with Crippen molar-refractivity contribution in [3.63, 3.8) is 0 Å². The lowest BCUT2D eigenvalue weighted by Gasteiger charge is -2.29. The number of halogens is 3. The Hall–Kier alpha value is -3.68. The molecule has 1 aliphatic rings. The molecule has 0 radical (unpaired) electrons. The van der Waals surface area contributed by atoms with Gasteiger partial charge in [0.1, 0.15) is 17.3 Å². The number of pyridine rings is 1. The lowest BCUT2D eigenvalue weighted by molar-refractivity contribution is -0.0503. The van der Waals surface area contributed by atoms with Crippen LogP contribution in [0.15, 0.2) is 66.8 Å². The molecule has 1 unspecified atom stereocenters. The fourth-order valence-electron chi connectivity index (χ4n) is 4.00. The lowest BCUT2D eigenvalue weighted by atomic mass is 9.74. The Bertz CT molecular complexity index is 1180. The molecule has 0 saturated carbocycles. The quantitative estimate of drug-likeness (QED) is 0.590. The summed E-state index contributed by atoms with van der Waals surface area (Å²) >= 11 is 0. The van der Waals surface area contributed by atoms with Crippen molar-refractivity contribution in [1.82, 2.24) is 10.3 Å². The number of alkyl halides is 2. The molecule has 8 heteroatoms. The van der Waals surface area contributed by atoms with Crippen LogP contribution >= 0.6 is 0 Å². The number of benzene rings is 2. The summed E-state index contributed by atoms with van der Waals surface area (Å²) in [6.07, 6.45) is 4.97. The van der Waals surface area contributed by atoms with Gasteiger partial charge < -0.3 is 20.5 Å². The molecule has 2 aromatic carbocycles. The van der Waals surface area contributed by atoms with Gasteiger partial charge in [-0.2, -0.15) is 8.78 Å². The van der Waals surface area contributed by atoms with Gasteiger partial charge in [-0.1, -0.05) is 18.2 Å². The summed E-state index contributed by atoms with van der Waals surface area (Å²) in [5.41, 5.74) is 8.41. The van der Waals surface area contributed by atoms with E-state index in [2.05, 4.69) is 15.0 Å². The van der Waals surface area contributed by atoms with Crippen molar-refractivity contribution in [3.8, 4) is 22.6 Å². The van der Waals surface area contributed by atoms with Crippen molar-refractivity contribution in [2.45, 2.75) is 19.0 Å². The van der Waals surface area contributed by atoms with Crippen LogP contribution in [-0.2, 0) is 5.41 Å². The van der Waals surface area contributed by atoms with Gasteiger partial charge in [-0.3, -0.25) is 4.98 Å². The van der Waals surface area contributed by atoms with Crippen molar-refractivity contribution in [1.29, 1.82) is 0 Å². The number of methoxy groups -OCH3 is 1. The largest absolute Gasteiger partial charge is 0.495 e. The molecule has 0 amide bonds. The Labute approximate surface area is 183 Å². The first-order valence-corrected chi connectivity index (χ1v) is 9.90. The van der Waals surface area contributed by atoms with Crippen LogP contribution in [0.25, 0.3) is 11.1 Å². The van der Waals surface area contributed by atoms with E-state index < -0.39 is 17.8 Å². The molecule has 166 valence electrons. The molecular weight excluding hydrogens is 419 g/mol. The summed E-state index contributed by atoms with van der Waals surface area (Å²) in [7, 11) is 1.52. The van der Waals surface area contributed by atoms with Gasteiger partial charge in [-0.15, -0.1) is 0 Å². The van der Waals surface area contributed by atoms with E-state index in [0.717, 1.165) is 11.1 Å². The molecule has 1 atom stereocenters. The molecule has 0 bridgehead atoms. The number of hydrogen-bond donors (Lipinski definition) is 2. The van der Waals surface area contributed by atoms with E-state index in [1.807, 2.05) is 6.08 Å². The number of nitrogens with zero attached hydrogens (tertiary/aromatic N) is 1. The topological polar surface area (TPSA) is 69.4 Å². The number of hydrogen-bond acceptors (Lipinski definition) is 5. The second-order valence-electron chi connectivity index (χ2n) is 7.59. The third kappa shape index (κ3) is 3.95. The molecule has 32 heavy (non-hydrogen) atoms. The van der Waals surface area contributed by atoms with Crippen LogP contribution in [0.2, 0.25) is 0 Å². The highest BCUT2D eigenvalue weighted by Gasteiger charge is 2.37. The predicted molar refractivity (Wildman–Crippen MR) is 115 cm³/mol. The molecule has 0 spiro atoms. The molecule has 3 N–H and O–H groups in total. The summed E-state index contributed by atoms with van der Waals surface area (Å²) in [6, 6.07) is 11.6. The molecule has 0 aliphatic carbocycles. The predicted octanol–water partition coefficient (Wildman–Crippen LogP) is 4.50. The first-order chi connectivity index (χ1) is 15.3. The number of aryl methyl sites for hydroxylation is 1.